The van der Waals surface area contributed by atoms with Crippen molar-refractivity contribution in [2.75, 3.05) is 19.1 Å². The first-order valence-corrected chi connectivity index (χ1v) is 9.37. The normalized spacial score (nSPS) is 11.2. The van der Waals surface area contributed by atoms with E-state index in [0.29, 0.717) is 16.5 Å². The fourth-order valence-corrected chi connectivity index (χ4v) is 3.11. The van der Waals surface area contributed by atoms with Gasteiger partial charge in [-0.25, -0.2) is 9.79 Å². The summed E-state index contributed by atoms with van der Waals surface area (Å²) in [6, 6.07) is 16.0. The van der Waals surface area contributed by atoms with Crippen LogP contribution in [0.25, 0.3) is 0 Å². The van der Waals surface area contributed by atoms with Crippen LogP contribution in [0.5, 0.6) is 0 Å². The monoisotopic (exact) mass is 361 g/mol. The van der Waals surface area contributed by atoms with Crippen LogP contribution in [-0.4, -0.2) is 24.6 Å². The molecule has 3 N–H and O–H groups in total. The summed E-state index contributed by atoms with van der Waals surface area (Å²) in [4.78, 5) is 16.7. The molecule has 0 saturated carbocycles. The Balaban J connectivity index is 2.07. The molecule has 2 rings (SSSR count). The van der Waals surface area contributed by atoms with Crippen molar-refractivity contribution in [3.8, 4) is 0 Å². The van der Waals surface area contributed by atoms with E-state index < -0.39 is 6.09 Å². The maximum absolute atomic E-state index is 11.3. The van der Waals surface area contributed by atoms with E-state index >= 15 is 0 Å². The number of rotatable bonds is 4. The minimum absolute atomic E-state index is 0.429. The molecule has 0 atom stereocenters. The zero-order valence-corrected chi connectivity index (χ0v) is 15.1. The summed E-state index contributed by atoms with van der Waals surface area (Å²) in [6.45, 7) is 0. The number of benzene rings is 2. The molecule has 7 heteroatoms. The summed E-state index contributed by atoms with van der Waals surface area (Å²) < 4.78 is 4.56. The van der Waals surface area contributed by atoms with E-state index in [1.807, 2.05) is 42.7 Å². The number of nitrogen functional groups attached to an aromatic ring is 1. The average Bonchev–Trinajstić information content (AvgIpc) is 2.61. The first-order valence-electron chi connectivity index (χ1n) is 7.16. The van der Waals surface area contributed by atoms with Crippen LogP contribution < -0.4 is 11.1 Å². The van der Waals surface area contributed by atoms with E-state index in [0.717, 1.165) is 10.6 Å². The van der Waals surface area contributed by atoms with Gasteiger partial charge in [0, 0.05) is 10.6 Å². The van der Waals surface area contributed by atoms with Gasteiger partial charge in [0.15, 0.2) is 5.17 Å². The number of hydrogen-bond donors (Lipinski definition) is 2. The molecular weight excluding hydrogens is 342 g/mol. The van der Waals surface area contributed by atoms with Crippen molar-refractivity contribution in [2.45, 2.75) is 10.6 Å². The van der Waals surface area contributed by atoms with E-state index in [2.05, 4.69) is 27.2 Å². The van der Waals surface area contributed by atoms with E-state index in [1.165, 1.54) is 24.4 Å². The van der Waals surface area contributed by atoms with Gasteiger partial charge in [-0.2, -0.15) is 0 Å². The van der Waals surface area contributed by atoms with E-state index in [1.54, 1.807) is 11.8 Å². The van der Waals surface area contributed by atoms with Gasteiger partial charge in [-0.15, -0.1) is 11.8 Å². The Morgan fingerprint density at radius 3 is 2.62 bits per heavy atom. The first-order chi connectivity index (χ1) is 11.6. The van der Waals surface area contributed by atoms with E-state index in [-0.39, 0.29) is 0 Å². The third kappa shape index (κ3) is 5.50. The Kier molecular flexibility index (Phi) is 7.02. The Hall–Kier alpha value is -2.12. The standard InChI is InChI=1S/C17H19N3O2S2/c1-22-17(21)20-16(23-2)19-15-9-8-13(10-14(15)18)24-11-12-6-4-3-5-7-12/h3-10H,11,18H2,1-2H3,(H,19,20,21). The molecule has 2 aromatic rings. The molecule has 2 aromatic carbocycles. The van der Waals surface area contributed by atoms with Gasteiger partial charge in [0.2, 0.25) is 0 Å². The number of nitrogens with two attached hydrogens (primary N) is 1. The lowest BCUT2D eigenvalue weighted by Crippen LogP contribution is -2.27. The van der Waals surface area contributed by atoms with Crippen molar-refractivity contribution >= 4 is 46.2 Å². The number of amides is 1. The number of alkyl carbamates (subject to hydrolysis) is 1. The molecule has 0 unspecified atom stereocenters. The molecule has 0 saturated heterocycles. The van der Waals surface area contributed by atoms with Gasteiger partial charge in [-0.1, -0.05) is 42.1 Å². The second kappa shape index (κ2) is 9.24. The van der Waals surface area contributed by atoms with Crippen LogP contribution in [0, 0.1) is 0 Å². The summed E-state index contributed by atoms with van der Waals surface area (Å²) in [6.07, 6.45) is 1.26. The molecule has 24 heavy (non-hydrogen) atoms. The molecular formula is C17H19N3O2S2. The number of carbonyl (C=O) groups excluding carboxylic acids is 1. The molecule has 0 aliphatic carbocycles. The van der Waals surface area contributed by atoms with Crippen molar-refractivity contribution in [3.63, 3.8) is 0 Å². The van der Waals surface area contributed by atoms with Gasteiger partial charge < -0.3 is 10.5 Å². The van der Waals surface area contributed by atoms with Gasteiger partial charge in [0.05, 0.1) is 18.5 Å². The average molecular weight is 361 g/mol. The minimum Gasteiger partial charge on any atom is -0.453 e. The zero-order valence-electron chi connectivity index (χ0n) is 13.5. The van der Waals surface area contributed by atoms with Gasteiger partial charge in [-0.05, 0) is 30.0 Å². The quantitative estimate of drug-likeness (QED) is 0.368. The summed E-state index contributed by atoms with van der Waals surface area (Å²) >= 11 is 3.02. The predicted molar refractivity (Wildman–Crippen MR) is 103 cm³/mol. The van der Waals surface area contributed by atoms with Crippen molar-refractivity contribution in [1.29, 1.82) is 0 Å². The Labute approximate surface area is 150 Å². The number of thioether (sulfide) groups is 2. The molecule has 0 aliphatic rings. The highest BCUT2D eigenvalue weighted by molar-refractivity contribution is 8.13. The second-order valence-electron chi connectivity index (χ2n) is 4.73. The zero-order chi connectivity index (χ0) is 17.4. The number of amidine groups is 1. The van der Waals surface area contributed by atoms with E-state index in [9.17, 15) is 4.79 Å². The molecule has 0 radical (unpaired) electrons. The third-order valence-corrected chi connectivity index (χ3v) is 4.70. The van der Waals surface area contributed by atoms with Gasteiger partial charge in [0.25, 0.3) is 0 Å². The molecule has 0 heterocycles. The molecule has 0 fully saturated rings. The second-order valence-corrected chi connectivity index (χ2v) is 6.58. The van der Waals surface area contributed by atoms with Crippen LogP contribution in [-0.2, 0) is 10.5 Å². The molecule has 1 amide bonds. The number of ether oxygens (including phenoxy) is 1. The lowest BCUT2D eigenvalue weighted by Gasteiger charge is -2.08. The van der Waals surface area contributed by atoms with Crippen molar-refractivity contribution in [3.05, 3.63) is 54.1 Å². The van der Waals surface area contributed by atoms with Gasteiger partial charge in [-0.3, -0.25) is 5.32 Å². The molecule has 126 valence electrons. The van der Waals surface area contributed by atoms with E-state index in [4.69, 9.17) is 5.73 Å². The van der Waals surface area contributed by atoms with Crippen molar-refractivity contribution in [1.82, 2.24) is 5.32 Å². The topological polar surface area (TPSA) is 76.7 Å². The lowest BCUT2D eigenvalue weighted by molar-refractivity contribution is 0.177. The smallest absolute Gasteiger partial charge is 0.412 e. The largest absolute Gasteiger partial charge is 0.453 e. The fraction of sp³-hybridized carbons (Fsp3) is 0.176. The maximum atomic E-state index is 11.3. The minimum atomic E-state index is -0.559. The SMILES string of the molecule is COC(=O)NC(=Nc1ccc(SCc2ccccc2)cc1N)SC. The number of methoxy groups -OCH3 is 1. The Morgan fingerprint density at radius 1 is 1.25 bits per heavy atom. The molecule has 0 aromatic heterocycles. The number of aliphatic imine (C=N–C) groups is 1. The first kappa shape index (κ1) is 18.2. The van der Waals surface area contributed by atoms with Crippen molar-refractivity contribution in [2.24, 2.45) is 4.99 Å². The van der Waals surface area contributed by atoms with Crippen LogP contribution in [0.15, 0.2) is 58.4 Å². The van der Waals surface area contributed by atoms with Crippen LogP contribution >= 0.6 is 23.5 Å². The molecule has 5 nitrogen and oxygen atoms in total. The fourth-order valence-electron chi connectivity index (χ4n) is 1.84. The van der Waals surface area contributed by atoms with Gasteiger partial charge in [0.1, 0.15) is 0 Å². The summed E-state index contributed by atoms with van der Waals surface area (Å²) in [5.74, 6) is 0.878. The maximum Gasteiger partial charge on any atom is 0.412 e. The summed E-state index contributed by atoms with van der Waals surface area (Å²) in [5.41, 5.74) is 8.51. The number of nitrogens with zero attached hydrogens (tertiary/aromatic N) is 1. The Morgan fingerprint density at radius 2 is 2.00 bits per heavy atom. The van der Waals surface area contributed by atoms with Crippen molar-refractivity contribution < 1.29 is 9.53 Å². The number of carbonyl (C=O) groups is 1. The molecule has 0 aliphatic heterocycles. The van der Waals surface area contributed by atoms with Crippen LogP contribution in [0.3, 0.4) is 0 Å². The molecule has 0 bridgehead atoms. The summed E-state index contributed by atoms with van der Waals surface area (Å²) in [7, 11) is 1.31. The third-order valence-electron chi connectivity index (χ3n) is 3.06. The van der Waals surface area contributed by atoms with Gasteiger partial charge >= 0.3 is 6.09 Å². The summed E-state index contributed by atoms with van der Waals surface area (Å²) in [5, 5.41) is 2.97. The van der Waals surface area contributed by atoms with Crippen LogP contribution in [0.4, 0.5) is 16.2 Å². The highest BCUT2D eigenvalue weighted by atomic mass is 32.2. The Bertz CT molecular complexity index is 721. The number of anilines is 1. The lowest BCUT2D eigenvalue weighted by atomic mass is 10.2. The predicted octanol–water partition coefficient (Wildman–Crippen LogP) is 4.27. The van der Waals surface area contributed by atoms with Crippen LogP contribution in [0.2, 0.25) is 0 Å². The molecule has 0 spiro atoms. The number of nitrogens with one attached hydrogen (secondary N) is 1. The number of hydrogen-bond acceptors (Lipinski definition) is 6. The van der Waals surface area contributed by atoms with Crippen LogP contribution in [0.1, 0.15) is 5.56 Å². The highest BCUT2D eigenvalue weighted by Gasteiger charge is 2.07. The highest BCUT2D eigenvalue weighted by Crippen LogP contribution is 2.30.